The minimum atomic E-state index is -0.775. The van der Waals surface area contributed by atoms with Crippen molar-refractivity contribution in [3.05, 3.63) is 30.0 Å². The van der Waals surface area contributed by atoms with Gasteiger partial charge in [0.05, 0.1) is 20.1 Å². The molecule has 2 fully saturated rings. The number of amides is 1. The number of fused-ring (bicyclic) bond motifs is 1. The highest BCUT2D eigenvalue weighted by Gasteiger charge is 2.37. The van der Waals surface area contributed by atoms with Gasteiger partial charge in [0.1, 0.15) is 5.75 Å². The van der Waals surface area contributed by atoms with Gasteiger partial charge in [-0.05, 0) is 55.4 Å². The molecule has 0 radical (unpaired) electrons. The molecule has 2 saturated carbocycles. The molecule has 150 valence electrons. The third kappa shape index (κ3) is 4.30. The highest BCUT2D eigenvalue weighted by Crippen LogP contribution is 2.34. The van der Waals surface area contributed by atoms with Crippen molar-refractivity contribution in [1.82, 2.24) is 15.2 Å². The number of carbonyl (C=O) groups excluding carboxylic acids is 1. The average Bonchev–Trinajstić information content (AvgIpc) is 3.36. The summed E-state index contributed by atoms with van der Waals surface area (Å²) in [4.78, 5) is 28.9. The number of carbonyl (C=O) groups is 2. The molecule has 3 N–H and O–H groups in total. The van der Waals surface area contributed by atoms with E-state index in [-0.39, 0.29) is 24.5 Å². The molecule has 0 atom stereocenters. The Kier molecular flexibility index (Phi) is 5.26. The monoisotopic (exact) mass is 385 g/mol. The van der Waals surface area contributed by atoms with Crippen molar-refractivity contribution in [1.29, 1.82) is 0 Å². The lowest BCUT2D eigenvalue weighted by Crippen LogP contribution is -2.55. The minimum absolute atomic E-state index is 0.000789. The van der Waals surface area contributed by atoms with Gasteiger partial charge in [-0.1, -0.05) is 0 Å². The van der Waals surface area contributed by atoms with E-state index in [9.17, 15) is 9.59 Å². The lowest BCUT2D eigenvalue weighted by Gasteiger charge is -2.42. The lowest BCUT2D eigenvalue weighted by molar-refractivity contribution is -0.140. The van der Waals surface area contributed by atoms with Crippen LogP contribution < -0.4 is 10.1 Å². The van der Waals surface area contributed by atoms with Crippen LogP contribution in [0, 0.1) is 5.92 Å². The van der Waals surface area contributed by atoms with Crippen molar-refractivity contribution >= 4 is 22.8 Å². The molecule has 2 aliphatic rings. The maximum absolute atomic E-state index is 12.5. The van der Waals surface area contributed by atoms with E-state index in [1.54, 1.807) is 7.11 Å². The normalized spacial score (nSPS) is 21.5. The van der Waals surface area contributed by atoms with Crippen LogP contribution >= 0.6 is 0 Å². The summed E-state index contributed by atoms with van der Waals surface area (Å²) in [6, 6.07) is 6.17. The van der Waals surface area contributed by atoms with Crippen LogP contribution in [0.4, 0.5) is 0 Å². The number of nitrogens with zero attached hydrogens (tertiary/aromatic N) is 1. The second kappa shape index (κ2) is 7.83. The number of aromatic amines is 1. The molecule has 4 rings (SSSR count). The smallest absolute Gasteiger partial charge is 0.317 e. The number of nitrogens with one attached hydrogen (secondary N) is 2. The number of hydrogen-bond acceptors (Lipinski definition) is 4. The zero-order chi connectivity index (χ0) is 19.7. The molecule has 7 nitrogen and oxygen atoms in total. The summed E-state index contributed by atoms with van der Waals surface area (Å²) in [6.45, 7) is 0.966. The number of carboxylic acid groups (broad SMARTS) is 1. The Morgan fingerprint density at radius 3 is 2.79 bits per heavy atom. The second-order valence-corrected chi connectivity index (χ2v) is 8.06. The number of rotatable bonds is 9. The standard InChI is InChI=1S/C21H27N3O4/c1-28-17-4-5-19-18(9-17)14(10-22-19)6-20(25)23-15-7-16(8-15)24(12-21(26)27)11-13-2-3-13/h4-5,9-10,13,15-16,22H,2-3,6-8,11-12H2,1H3,(H,23,25)(H,26,27). The van der Waals surface area contributed by atoms with Crippen molar-refractivity contribution in [2.45, 2.75) is 44.2 Å². The third-order valence-electron chi connectivity index (χ3n) is 5.85. The highest BCUT2D eigenvalue weighted by molar-refractivity contribution is 5.89. The number of ether oxygens (including phenoxy) is 1. The Bertz CT molecular complexity index is 868. The molecule has 2 aliphatic carbocycles. The third-order valence-corrected chi connectivity index (χ3v) is 5.85. The van der Waals surface area contributed by atoms with E-state index in [2.05, 4.69) is 15.2 Å². The van der Waals surface area contributed by atoms with Gasteiger partial charge in [0.15, 0.2) is 0 Å². The first-order valence-electron chi connectivity index (χ1n) is 9.91. The summed E-state index contributed by atoms with van der Waals surface area (Å²) < 4.78 is 5.28. The van der Waals surface area contributed by atoms with E-state index in [4.69, 9.17) is 9.84 Å². The molecule has 0 aliphatic heterocycles. The van der Waals surface area contributed by atoms with Gasteiger partial charge in [-0.3, -0.25) is 14.5 Å². The lowest BCUT2D eigenvalue weighted by atomic mass is 9.85. The van der Waals surface area contributed by atoms with Crippen molar-refractivity contribution in [3.8, 4) is 5.75 Å². The molecule has 1 aromatic carbocycles. The molecule has 1 amide bonds. The molecule has 0 bridgehead atoms. The number of aromatic nitrogens is 1. The second-order valence-electron chi connectivity index (χ2n) is 8.06. The Morgan fingerprint density at radius 2 is 2.11 bits per heavy atom. The maximum Gasteiger partial charge on any atom is 0.317 e. The summed E-state index contributed by atoms with van der Waals surface area (Å²) >= 11 is 0. The van der Waals surface area contributed by atoms with Crippen LogP contribution in [0.2, 0.25) is 0 Å². The minimum Gasteiger partial charge on any atom is -0.497 e. The van der Waals surface area contributed by atoms with Crippen LogP contribution in [0.25, 0.3) is 10.9 Å². The molecule has 1 aromatic heterocycles. The molecule has 0 saturated heterocycles. The van der Waals surface area contributed by atoms with Gasteiger partial charge in [-0.2, -0.15) is 0 Å². The summed E-state index contributed by atoms with van der Waals surface area (Å²) in [5.74, 6) is 0.652. The van der Waals surface area contributed by atoms with Gasteiger partial charge in [-0.25, -0.2) is 0 Å². The van der Waals surface area contributed by atoms with Gasteiger partial charge in [0, 0.05) is 35.7 Å². The molecule has 0 unspecified atom stereocenters. The van der Waals surface area contributed by atoms with E-state index < -0.39 is 5.97 Å². The van der Waals surface area contributed by atoms with E-state index in [1.807, 2.05) is 24.4 Å². The van der Waals surface area contributed by atoms with Gasteiger partial charge in [0.2, 0.25) is 5.91 Å². The van der Waals surface area contributed by atoms with Gasteiger partial charge in [0.25, 0.3) is 0 Å². The predicted molar refractivity (Wildman–Crippen MR) is 105 cm³/mol. The quantitative estimate of drug-likeness (QED) is 0.615. The Hall–Kier alpha value is -2.54. The zero-order valence-corrected chi connectivity index (χ0v) is 16.1. The van der Waals surface area contributed by atoms with Crippen LogP contribution in [-0.4, -0.2) is 59.1 Å². The zero-order valence-electron chi connectivity index (χ0n) is 16.1. The first-order chi connectivity index (χ1) is 13.5. The van der Waals surface area contributed by atoms with Crippen LogP contribution in [0.5, 0.6) is 5.75 Å². The Balaban J connectivity index is 1.30. The predicted octanol–water partition coefficient (Wildman–Crippen LogP) is 2.16. The summed E-state index contributed by atoms with van der Waals surface area (Å²) in [5.41, 5.74) is 1.93. The summed E-state index contributed by atoms with van der Waals surface area (Å²) in [6.07, 6.45) is 6.25. The first-order valence-corrected chi connectivity index (χ1v) is 9.91. The molecule has 28 heavy (non-hydrogen) atoms. The van der Waals surface area contributed by atoms with E-state index in [0.717, 1.165) is 41.6 Å². The number of H-pyrrole nitrogens is 1. The first kappa shape index (κ1) is 18.8. The molecule has 1 heterocycles. The van der Waals surface area contributed by atoms with Crippen LogP contribution in [0.15, 0.2) is 24.4 Å². The molecular weight excluding hydrogens is 358 g/mol. The number of hydrogen-bond donors (Lipinski definition) is 3. The topological polar surface area (TPSA) is 94.7 Å². The molecular formula is C21H27N3O4. The van der Waals surface area contributed by atoms with Crippen molar-refractivity contribution < 1.29 is 19.4 Å². The number of methoxy groups -OCH3 is 1. The fourth-order valence-corrected chi connectivity index (χ4v) is 4.03. The van der Waals surface area contributed by atoms with Crippen molar-refractivity contribution in [2.75, 3.05) is 20.2 Å². The summed E-state index contributed by atoms with van der Waals surface area (Å²) in [7, 11) is 1.63. The number of carboxylic acids is 1. The van der Waals surface area contributed by atoms with E-state index >= 15 is 0 Å². The fourth-order valence-electron chi connectivity index (χ4n) is 4.03. The molecule has 2 aromatic rings. The van der Waals surface area contributed by atoms with Crippen molar-refractivity contribution in [3.63, 3.8) is 0 Å². The average molecular weight is 385 g/mol. The number of benzene rings is 1. The van der Waals surface area contributed by atoms with Gasteiger partial charge >= 0.3 is 5.97 Å². The van der Waals surface area contributed by atoms with Crippen LogP contribution in [0.1, 0.15) is 31.2 Å². The van der Waals surface area contributed by atoms with Crippen molar-refractivity contribution in [2.24, 2.45) is 5.92 Å². The maximum atomic E-state index is 12.5. The van der Waals surface area contributed by atoms with Crippen LogP contribution in [-0.2, 0) is 16.0 Å². The molecule has 7 heteroatoms. The SMILES string of the molecule is COc1ccc2[nH]cc(CC(=O)NC3CC(N(CC(=O)O)CC4CC4)C3)c2c1. The highest BCUT2D eigenvalue weighted by atomic mass is 16.5. The fraction of sp³-hybridized carbons (Fsp3) is 0.524. The number of aliphatic carboxylic acids is 1. The van der Waals surface area contributed by atoms with Gasteiger partial charge < -0.3 is 20.1 Å². The van der Waals surface area contributed by atoms with E-state index in [0.29, 0.717) is 12.3 Å². The largest absolute Gasteiger partial charge is 0.497 e. The Labute approximate surface area is 164 Å². The van der Waals surface area contributed by atoms with E-state index in [1.165, 1.54) is 12.8 Å². The Morgan fingerprint density at radius 1 is 1.32 bits per heavy atom. The van der Waals surface area contributed by atoms with Crippen LogP contribution in [0.3, 0.4) is 0 Å². The summed E-state index contributed by atoms with van der Waals surface area (Å²) in [5, 5.41) is 13.2. The van der Waals surface area contributed by atoms with Gasteiger partial charge in [-0.15, -0.1) is 0 Å². The molecule has 0 spiro atoms.